The molecule has 0 spiro atoms. The van der Waals surface area contributed by atoms with Crippen LogP contribution in [0.1, 0.15) is 73.8 Å². The Balaban J connectivity index is 1.73. The lowest BCUT2D eigenvalue weighted by Crippen LogP contribution is -2.30. The Bertz CT molecular complexity index is 909. The van der Waals surface area contributed by atoms with E-state index in [1.54, 1.807) is 13.8 Å². The van der Waals surface area contributed by atoms with E-state index < -0.39 is 6.10 Å². The number of carbonyl (C=O) groups is 2. The summed E-state index contributed by atoms with van der Waals surface area (Å²) >= 11 is 1.48. The van der Waals surface area contributed by atoms with Crippen molar-refractivity contribution in [2.24, 2.45) is 0 Å². The first-order valence-corrected chi connectivity index (χ1v) is 11.4. The Kier molecular flexibility index (Phi) is 6.86. The first-order valence-electron chi connectivity index (χ1n) is 10.6. The van der Waals surface area contributed by atoms with Crippen LogP contribution in [0.25, 0.3) is 0 Å². The molecule has 0 fully saturated rings. The zero-order valence-electron chi connectivity index (χ0n) is 18.5. The van der Waals surface area contributed by atoms with Crippen molar-refractivity contribution in [1.29, 1.82) is 0 Å². The van der Waals surface area contributed by atoms with Gasteiger partial charge in [0.1, 0.15) is 10.8 Å². The van der Waals surface area contributed by atoms with E-state index in [9.17, 15) is 9.59 Å². The van der Waals surface area contributed by atoms with Gasteiger partial charge in [-0.2, -0.15) is 0 Å². The number of ether oxygens (including phenoxy) is 2. The standard InChI is InChI=1S/C24H31NO4S/c1-6-28-23(27)20-18-9-7-8-10-19(18)30-22(20)25-21(26)15(2)29-17-13-11-16(12-14-17)24(3,4)5/h11-15H,6-10H2,1-5H3,(H,25,26)/t15-/m1/s1. The average Bonchev–Trinajstić information content (AvgIpc) is 3.05. The van der Waals surface area contributed by atoms with Gasteiger partial charge in [0.25, 0.3) is 5.91 Å². The molecule has 0 bridgehead atoms. The number of carbonyl (C=O) groups excluding carboxylic acids is 2. The number of thiophene rings is 1. The third kappa shape index (κ3) is 5.04. The molecule has 0 saturated carbocycles. The van der Waals surface area contributed by atoms with Crippen LogP contribution in [0.3, 0.4) is 0 Å². The molecule has 0 aliphatic heterocycles. The molecule has 1 N–H and O–H groups in total. The molecule has 0 saturated heterocycles. The van der Waals surface area contributed by atoms with Gasteiger partial charge in [-0.05, 0) is 68.2 Å². The van der Waals surface area contributed by atoms with E-state index in [0.29, 0.717) is 22.9 Å². The lowest BCUT2D eigenvalue weighted by atomic mass is 9.87. The Hall–Kier alpha value is -2.34. The third-order valence-electron chi connectivity index (χ3n) is 5.29. The van der Waals surface area contributed by atoms with Gasteiger partial charge in [0.05, 0.1) is 12.2 Å². The SMILES string of the molecule is CCOC(=O)c1c(NC(=O)[C@@H](C)Oc2ccc(C(C)(C)C)cc2)sc2c1CCCC2. The molecule has 3 rings (SSSR count). The Morgan fingerprint density at radius 1 is 1.13 bits per heavy atom. The molecule has 6 heteroatoms. The predicted octanol–water partition coefficient (Wildman–Crippen LogP) is 5.51. The highest BCUT2D eigenvalue weighted by Gasteiger charge is 2.28. The zero-order valence-corrected chi connectivity index (χ0v) is 19.3. The van der Waals surface area contributed by atoms with Crippen LogP contribution >= 0.6 is 11.3 Å². The molecular weight excluding hydrogens is 398 g/mol. The van der Waals surface area contributed by atoms with Crippen molar-refractivity contribution >= 4 is 28.2 Å². The topological polar surface area (TPSA) is 64.6 Å². The molecule has 30 heavy (non-hydrogen) atoms. The molecule has 162 valence electrons. The number of rotatable bonds is 6. The predicted molar refractivity (Wildman–Crippen MR) is 121 cm³/mol. The summed E-state index contributed by atoms with van der Waals surface area (Å²) in [7, 11) is 0. The van der Waals surface area contributed by atoms with Crippen LogP contribution in [0.4, 0.5) is 5.00 Å². The van der Waals surface area contributed by atoms with E-state index in [4.69, 9.17) is 9.47 Å². The van der Waals surface area contributed by atoms with Crippen molar-refractivity contribution in [3.05, 3.63) is 45.8 Å². The molecule has 1 aromatic heterocycles. The summed E-state index contributed by atoms with van der Waals surface area (Å²) < 4.78 is 11.1. The fourth-order valence-electron chi connectivity index (χ4n) is 3.58. The van der Waals surface area contributed by atoms with Gasteiger partial charge in [0.2, 0.25) is 0 Å². The Morgan fingerprint density at radius 2 is 1.80 bits per heavy atom. The molecule has 1 heterocycles. The van der Waals surface area contributed by atoms with Crippen molar-refractivity contribution in [2.45, 2.75) is 71.8 Å². The summed E-state index contributed by atoms with van der Waals surface area (Å²) in [6, 6.07) is 7.81. The van der Waals surface area contributed by atoms with Crippen molar-refractivity contribution in [1.82, 2.24) is 0 Å². The molecule has 1 amide bonds. The summed E-state index contributed by atoms with van der Waals surface area (Å²) in [5.74, 6) is -0.000626. The fourth-order valence-corrected chi connectivity index (χ4v) is 4.86. The first-order chi connectivity index (χ1) is 14.2. The number of fused-ring (bicyclic) bond motifs is 1. The van der Waals surface area contributed by atoms with Gasteiger partial charge in [-0.3, -0.25) is 4.79 Å². The quantitative estimate of drug-likeness (QED) is 0.615. The van der Waals surface area contributed by atoms with Crippen LogP contribution in [-0.4, -0.2) is 24.6 Å². The number of hydrogen-bond donors (Lipinski definition) is 1. The number of anilines is 1. The average molecular weight is 430 g/mol. The van der Waals surface area contributed by atoms with Crippen molar-refractivity contribution in [3.8, 4) is 5.75 Å². The second kappa shape index (κ2) is 9.21. The van der Waals surface area contributed by atoms with Crippen molar-refractivity contribution in [3.63, 3.8) is 0 Å². The number of benzene rings is 1. The largest absolute Gasteiger partial charge is 0.481 e. The van der Waals surface area contributed by atoms with E-state index in [2.05, 4.69) is 26.1 Å². The van der Waals surface area contributed by atoms with Gasteiger partial charge < -0.3 is 14.8 Å². The minimum atomic E-state index is -0.695. The van der Waals surface area contributed by atoms with E-state index in [-0.39, 0.29) is 17.3 Å². The maximum atomic E-state index is 12.8. The summed E-state index contributed by atoms with van der Waals surface area (Å²) in [6.07, 6.45) is 3.25. The molecule has 0 radical (unpaired) electrons. The number of aryl methyl sites for hydroxylation is 1. The second-order valence-corrected chi connectivity index (χ2v) is 9.76. The summed E-state index contributed by atoms with van der Waals surface area (Å²) in [5, 5.41) is 3.49. The van der Waals surface area contributed by atoms with Gasteiger partial charge in [-0.15, -0.1) is 11.3 Å². The molecule has 2 aromatic rings. The van der Waals surface area contributed by atoms with E-state index >= 15 is 0 Å². The van der Waals surface area contributed by atoms with Crippen LogP contribution < -0.4 is 10.1 Å². The first kappa shape index (κ1) is 22.3. The van der Waals surface area contributed by atoms with Crippen LogP contribution in [0, 0.1) is 0 Å². The minimum Gasteiger partial charge on any atom is -0.481 e. The Morgan fingerprint density at radius 3 is 2.43 bits per heavy atom. The summed E-state index contributed by atoms with van der Waals surface area (Å²) in [5.41, 5.74) is 2.82. The maximum absolute atomic E-state index is 12.8. The molecule has 1 aromatic carbocycles. The van der Waals surface area contributed by atoms with Crippen LogP contribution in [-0.2, 0) is 27.8 Å². The monoisotopic (exact) mass is 429 g/mol. The summed E-state index contributed by atoms with van der Waals surface area (Å²) in [4.78, 5) is 26.5. The number of amides is 1. The van der Waals surface area contributed by atoms with Gasteiger partial charge in [0, 0.05) is 4.88 Å². The van der Waals surface area contributed by atoms with Gasteiger partial charge in [0.15, 0.2) is 6.10 Å². The fraction of sp³-hybridized carbons (Fsp3) is 0.500. The number of esters is 1. The molecule has 1 atom stereocenters. The Labute approximate surface area is 182 Å². The molecule has 1 aliphatic rings. The van der Waals surface area contributed by atoms with Crippen molar-refractivity contribution in [2.75, 3.05) is 11.9 Å². The van der Waals surface area contributed by atoms with Crippen LogP contribution in [0.2, 0.25) is 0 Å². The highest BCUT2D eigenvalue weighted by Crippen LogP contribution is 2.38. The zero-order chi connectivity index (χ0) is 21.9. The smallest absolute Gasteiger partial charge is 0.341 e. The highest BCUT2D eigenvalue weighted by atomic mass is 32.1. The van der Waals surface area contributed by atoms with Crippen molar-refractivity contribution < 1.29 is 19.1 Å². The number of hydrogen-bond acceptors (Lipinski definition) is 5. The van der Waals surface area contributed by atoms with E-state index in [1.807, 2.05) is 24.3 Å². The van der Waals surface area contributed by atoms with Gasteiger partial charge >= 0.3 is 5.97 Å². The van der Waals surface area contributed by atoms with Crippen LogP contribution in [0.15, 0.2) is 24.3 Å². The number of nitrogens with one attached hydrogen (secondary N) is 1. The lowest BCUT2D eigenvalue weighted by molar-refractivity contribution is -0.122. The van der Waals surface area contributed by atoms with E-state index in [0.717, 1.165) is 31.2 Å². The molecule has 1 aliphatic carbocycles. The van der Waals surface area contributed by atoms with Gasteiger partial charge in [-0.25, -0.2) is 4.79 Å². The maximum Gasteiger partial charge on any atom is 0.341 e. The minimum absolute atomic E-state index is 0.0588. The lowest BCUT2D eigenvalue weighted by Gasteiger charge is -2.20. The normalized spacial score (nSPS) is 14.6. The molecule has 0 unspecified atom stereocenters. The summed E-state index contributed by atoms with van der Waals surface area (Å²) in [6.45, 7) is 10.3. The van der Waals surface area contributed by atoms with Crippen LogP contribution in [0.5, 0.6) is 5.75 Å². The third-order valence-corrected chi connectivity index (χ3v) is 6.50. The van der Waals surface area contributed by atoms with E-state index in [1.165, 1.54) is 21.8 Å². The second-order valence-electron chi connectivity index (χ2n) is 8.66. The molecular formula is C24H31NO4S. The highest BCUT2D eigenvalue weighted by molar-refractivity contribution is 7.17. The molecule has 5 nitrogen and oxygen atoms in total. The van der Waals surface area contributed by atoms with Gasteiger partial charge in [-0.1, -0.05) is 32.9 Å².